The average molecular weight is 429 g/mol. The van der Waals surface area contributed by atoms with Gasteiger partial charge in [0.15, 0.2) is 0 Å². The van der Waals surface area contributed by atoms with Gasteiger partial charge >= 0.3 is 0 Å². The molecule has 4 aromatic rings. The Morgan fingerprint density at radius 2 is 1.97 bits per heavy atom. The summed E-state index contributed by atoms with van der Waals surface area (Å²) in [4.78, 5) is 25.9. The highest BCUT2D eigenvalue weighted by Crippen LogP contribution is 2.23. The van der Waals surface area contributed by atoms with Crippen molar-refractivity contribution < 1.29 is 4.79 Å². The van der Waals surface area contributed by atoms with Gasteiger partial charge in [0.05, 0.1) is 23.0 Å². The third kappa shape index (κ3) is 4.42. The van der Waals surface area contributed by atoms with Gasteiger partial charge < -0.3 is 10.6 Å². The van der Waals surface area contributed by atoms with E-state index >= 15 is 0 Å². The van der Waals surface area contributed by atoms with E-state index in [0.717, 1.165) is 53.6 Å². The molecule has 162 valence electrons. The summed E-state index contributed by atoms with van der Waals surface area (Å²) in [6.45, 7) is 1.99. The number of piperidine rings is 1. The molecule has 3 N–H and O–H groups in total. The van der Waals surface area contributed by atoms with Crippen LogP contribution >= 0.6 is 0 Å². The molecular weight excluding hydrogens is 404 g/mol. The summed E-state index contributed by atoms with van der Waals surface area (Å²) in [6, 6.07) is 8.13. The molecule has 9 heteroatoms. The Balaban J connectivity index is 1.33. The van der Waals surface area contributed by atoms with E-state index in [9.17, 15) is 4.79 Å². The van der Waals surface area contributed by atoms with E-state index in [1.165, 1.54) is 0 Å². The molecule has 0 unspecified atom stereocenters. The molecule has 1 fully saturated rings. The molecule has 4 heterocycles. The Morgan fingerprint density at radius 1 is 1.09 bits per heavy atom. The number of fused-ring (bicyclic) bond motifs is 1. The Kier molecular flexibility index (Phi) is 5.47. The number of anilines is 2. The highest BCUT2D eigenvalue weighted by molar-refractivity contribution is 6.04. The van der Waals surface area contributed by atoms with Crippen LogP contribution in [0.4, 0.5) is 11.6 Å². The van der Waals surface area contributed by atoms with E-state index in [1.807, 2.05) is 43.7 Å². The van der Waals surface area contributed by atoms with Crippen molar-refractivity contribution in [3.05, 3.63) is 60.8 Å². The van der Waals surface area contributed by atoms with E-state index in [1.54, 1.807) is 23.3 Å². The number of amides is 1. The molecule has 0 spiro atoms. The number of carbonyl (C=O) groups excluding carboxylic acids is 1. The minimum absolute atomic E-state index is 0.252. The Morgan fingerprint density at radius 3 is 2.78 bits per heavy atom. The number of benzene rings is 1. The van der Waals surface area contributed by atoms with Gasteiger partial charge in [0.2, 0.25) is 5.95 Å². The molecule has 3 aromatic heterocycles. The number of aryl methyl sites for hydroxylation is 1. The largest absolute Gasteiger partial charge is 0.381 e. The minimum atomic E-state index is -0.297. The maximum absolute atomic E-state index is 12.8. The number of nitrogens with one attached hydrogen (secondary N) is 3. The van der Waals surface area contributed by atoms with Crippen LogP contribution in [-0.4, -0.2) is 49.8 Å². The van der Waals surface area contributed by atoms with Gasteiger partial charge in [0.1, 0.15) is 0 Å². The number of pyridine rings is 1. The number of hydrogen-bond acceptors (Lipinski definition) is 7. The molecule has 9 nitrogen and oxygen atoms in total. The van der Waals surface area contributed by atoms with E-state index in [2.05, 4.69) is 36.0 Å². The zero-order valence-corrected chi connectivity index (χ0v) is 17.7. The predicted molar refractivity (Wildman–Crippen MR) is 123 cm³/mol. The smallest absolute Gasteiger partial charge is 0.259 e. The Hall–Kier alpha value is -3.85. The molecule has 0 radical (unpaired) electrons. The molecule has 1 aromatic carbocycles. The van der Waals surface area contributed by atoms with Crippen LogP contribution < -0.4 is 16.0 Å². The fourth-order valence-electron chi connectivity index (χ4n) is 3.85. The third-order valence-electron chi connectivity index (χ3n) is 5.56. The third-order valence-corrected chi connectivity index (χ3v) is 5.56. The predicted octanol–water partition coefficient (Wildman–Crippen LogP) is 2.84. The van der Waals surface area contributed by atoms with Crippen molar-refractivity contribution in [2.45, 2.75) is 18.9 Å². The minimum Gasteiger partial charge on any atom is -0.381 e. The van der Waals surface area contributed by atoms with E-state index in [-0.39, 0.29) is 11.9 Å². The van der Waals surface area contributed by atoms with Crippen molar-refractivity contribution in [1.29, 1.82) is 0 Å². The summed E-state index contributed by atoms with van der Waals surface area (Å²) in [5.41, 5.74) is 4.04. The summed E-state index contributed by atoms with van der Waals surface area (Å²) in [5.74, 6) is -0.0446. The van der Waals surface area contributed by atoms with Crippen LogP contribution in [0.1, 0.15) is 23.2 Å². The number of aromatic nitrogens is 5. The molecule has 5 rings (SSSR count). The van der Waals surface area contributed by atoms with Gasteiger partial charge in [-0.1, -0.05) is 12.1 Å². The van der Waals surface area contributed by atoms with Crippen molar-refractivity contribution in [1.82, 2.24) is 30.0 Å². The summed E-state index contributed by atoms with van der Waals surface area (Å²) in [5, 5.41) is 14.7. The first kappa shape index (κ1) is 20.1. The van der Waals surface area contributed by atoms with Gasteiger partial charge in [-0.3, -0.25) is 19.8 Å². The molecule has 1 saturated heterocycles. The highest BCUT2D eigenvalue weighted by atomic mass is 16.1. The maximum atomic E-state index is 12.8. The van der Waals surface area contributed by atoms with Crippen molar-refractivity contribution in [2.24, 2.45) is 7.05 Å². The Labute approximate surface area is 185 Å². The van der Waals surface area contributed by atoms with Crippen LogP contribution in [0.2, 0.25) is 0 Å². The number of carbonyl (C=O) groups is 1. The molecule has 0 atom stereocenters. The monoisotopic (exact) mass is 428 g/mol. The SMILES string of the molecule is Cn1cc(-c2ccc3cnc(NC(=O)c4cncc(NC5CCNCC5)c4)nc3c2)cn1. The number of nitrogens with zero attached hydrogens (tertiary/aromatic N) is 5. The fraction of sp³-hybridized carbons (Fsp3) is 0.261. The van der Waals surface area contributed by atoms with Crippen molar-refractivity contribution >= 4 is 28.4 Å². The molecule has 0 bridgehead atoms. The lowest BCUT2D eigenvalue weighted by atomic mass is 10.1. The summed E-state index contributed by atoms with van der Waals surface area (Å²) < 4.78 is 1.76. The first-order valence-electron chi connectivity index (χ1n) is 10.6. The quantitative estimate of drug-likeness (QED) is 0.448. The van der Waals surface area contributed by atoms with Gasteiger partial charge in [-0.05, 0) is 43.6 Å². The van der Waals surface area contributed by atoms with Crippen LogP contribution in [0, 0.1) is 0 Å². The number of rotatable bonds is 5. The second-order valence-corrected chi connectivity index (χ2v) is 7.95. The van der Waals surface area contributed by atoms with Crippen LogP contribution in [0.3, 0.4) is 0 Å². The molecular formula is C23H24N8O. The van der Waals surface area contributed by atoms with Gasteiger partial charge in [-0.15, -0.1) is 0 Å². The van der Waals surface area contributed by atoms with E-state index < -0.39 is 0 Å². The molecule has 0 aliphatic carbocycles. The van der Waals surface area contributed by atoms with Crippen molar-refractivity contribution in [2.75, 3.05) is 23.7 Å². The summed E-state index contributed by atoms with van der Waals surface area (Å²) >= 11 is 0. The average Bonchev–Trinajstić information content (AvgIpc) is 3.26. The second kappa shape index (κ2) is 8.72. The maximum Gasteiger partial charge on any atom is 0.259 e. The lowest BCUT2D eigenvalue weighted by Gasteiger charge is -2.24. The first-order chi connectivity index (χ1) is 15.6. The van der Waals surface area contributed by atoms with Crippen molar-refractivity contribution in [3.8, 4) is 11.1 Å². The standard InChI is InChI=1S/C23H24N8O/c1-31-14-18(12-27-31)15-2-3-16-11-26-23(29-21(16)9-15)30-22(32)17-8-20(13-25-10-17)28-19-4-6-24-7-5-19/h2-3,8-14,19,24,28H,4-7H2,1H3,(H,26,29,30,32). The summed E-state index contributed by atoms with van der Waals surface area (Å²) in [7, 11) is 1.88. The molecule has 0 saturated carbocycles. The molecule has 1 aliphatic rings. The molecule has 32 heavy (non-hydrogen) atoms. The van der Waals surface area contributed by atoms with Crippen LogP contribution in [0.25, 0.3) is 22.0 Å². The van der Waals surface area contributed by atoms with Crippen LogP contribution in [0.15, 0.2) is 55.2 Å². The van der Waals surface area contributed by atoms with Gasteiger partial charge in [0, 0.05) is 48.8 Å². The summed E-state index contributed by atoms with van der Waals surface area (Å²) in [6.07, 6.45) is 10.8. The molecule has 1 amide bonds. The zero-order chi connectivity index (χ0) is 21.9. The topological polar surface area (TPSA) is 110 Å². The lowest BCUT2D eigenvalue weighted by molar-refractivity contribution is 0.102. The zero-order valence-electron chi connectivity index (χ0n) is 17.7. The Bertz CT molecular complexity index is 1260. The van der Waals surface area contributed by atoms with Crippen LogP contribution in [-0.2, 0) is 7.05 Å². The van der Waals surface area contributed by atoms with Gasteiger partial charge in [-0.2, -0.15) is 5.10 Å². The van der Waals surface area contributed by atoms with Crippen LogP contribution in [0.5, 0.6) is 0 Å². The fourth-order valence-corrected chi connectivity index (χ4v) is 3.85. The molecule has 1 aliphatic heterocycles. The first-order valence-corrected chi connectivity index (χ1v) is 10.6. The van der Waals surface area contributed by atoms with Gasteiger partial charge in [-0.25, -0.2) is 9.97 Å². The van der Waals surface area contributed by atoms with E-state index in [0.29, 0.717) is 11.6 Å². The normalized spacial score (nSPS) is 14.4. The number of hydrogen-bond donors (Lipinski definition) is 3. The second-order valence-electron chi connectivity index (χ2n) is 7.95. The van der Waals surface area contributed by atoms with Crippen molar-refractivity contribution in [3.63, 3.8) is 0 Å². The van der Waals surface area contributed by atoms with E-state index in [4.69, 9.17) is 0 Å². The lowest BCUT2D eigenvalue weighted by Crippen LogP contribution is -2.35. The van der Waals surface area contributed by atoms with Gasteiger partial charge in [0.25, 0.3) is 5.91 Å². The highest BCUT2D eigenvalue weighted by Gasteiger charge is 2.15.